The number of hydrogen-bond donors (Lipinski definition) is 1. The van der Waals surface area contributed by atoms with Crippen molar-refractivity contribution in [2.24, 2.45) is 45.8 Å². The molecular formula is C28H48O. The average molecular weight is 401 g/mol. The molecule has 0 aromatic rings. The van der Waals surface area contributed by atoms with E-state index in [1.165, 1.54) is 76.2 Å². The van der Waals surface area contributed by atoms with Gasteiger partial charge in [-0.2, -0.15) is 0 Å². The molecule has 0 aliphatic heterocycles. The van der Waals surface area contributed by atoms with Crippen molar-refractivity contribution in [3.8, 4) is 0 Å². The van der Waals surface area contributed by atoms with E-state index in [0.29, 0.717) is 22.2 Å². The van der Waals surface area contributed by atoms with E-state index in [-0.39, 0.29) is 6.10 Å². The Morgan fingerprint density at radius 2 is 1.69 bits per heavy atom. The van der Waals surface area contributed by atoms with Gasteiger partial charge in [0, 0.05) is 0 Å². The Kier molecular flexibility index (Phi) is 5.81. The Hall–Kier alpha value is -0.300. The van der Waals surface area contributed by atoms with E-state index in [9.17, 15) is 5.11 Å². The number of hydrogen-bond acceptors (Lipinski definition) is 1. The summed E-state index contributed by atoms with van der Waals surface area (Å²) in [7, 11) is 0. The fourth-order valence-electron chi connectivity index (χ4n) is 9.66. The first-order chi connectivity index (χ1) is 13.6. The molecule has 4 aliphatic rings. The van der Waals surface area contributed by atoms with Crippen molar-refractivity contribution < 1.29 is 5.11 Å². The second-order valence-corrected chi connectivity index (χ2v) is 13.0. The van der Waals surface area contributed by atoms with E-state index in [1.807, 2.05) is 0 Å². The molecular weight excluding hydrogens is 352 g/mol. The first kappa shape index (κ1) is 21.9. The molecule has 0 saturated heterocycles. The van der Waals surface area contributed by atoms with Gasteiger partial charge in [-0.05, 0) is 117 Å². The number of rotatable bonds is 5. The highest BCUT2D eigenvalue weighted by atomic mass is 16.3. The van der Waals surface area contributed by atoms with Crippen LogP contribution in [0.5, 0.6) is 0 Å². The second-order valence-electron chi connectivity index (χ2n) is 13.0. The van der Waals surface area contributed by atoms with Gasteiger partial charge in [0.1, 0.15) is 0 Å². The molecule has 4 rings (SSSR count). The van der Waals surface area contributed by atoms with Gasteiger partial charge in [-0.3, -0.25) is 0 Å². The molecule has 166 valence electrons. The van der Waals surface area contributed by atoms with Crippen molar-refractivity contribution in [1.29, 1.82) is 0 Å². The minimum atomic E-state index is -0.0356. The van der Waals surface area contributed by atoms with Gasteiger partial charge >= 0.3 is 0 Å². The molecule has 0 aromatic heterocycles. The average Bonchev–Trinajstić information content (AvgIpc) is 2.99. The van der Waals surface area contributed by atoms with Gasteiger partial charge in [0.2, 0.25) is 0 Å². The number of allylic oxidation sites excluding steroid dienone is 1. The highest BCUT2D eigenvalue weighted by molar-refractivity contribution is 5.12. The summed E-state index contributed by atoms with van der Waals surface area (Å²) >= 11 is 0. The van der Waals surface area contributed by atoms with Crippen molar-refractivity contribution in [2.45, 2.75) is 118 Å². The molecule has 0 bridgehead atoms. The van der Waals surface area contributed by atoms with Gasteiger partial charge in [0.15, 0.2) is 0 Å². The van der Waals surface area contributed by atoms with Gasteiger partial charge in [-0.1, -0.05) is 46.1 Å². The minimum absolute atomic E-state index is 0.0356. The zero-order valence-corrected chi connectivity index (χ0v) is 20.1. The standard InChI is InChI=1S/C28H48O/c1-19(2)10-9-15-26(3,4)25-13-12-21-20-18-24(29)23-11-7-8-16-27(23,5)22(20)14-17-28(21,25)6/h20-25,29H,1,7-18H2,2-6H3/t20?,21-,22-,23+,24-,25+,27+,28-/m0/s1. The molecule has 29 heavy (non-hydrogen) atoms. The van der Waals surface area contributed by atoms with Crippen LogP contribution in [0.1, 0.15) is 112 Å². The van der Waals surface area contributed by atoms with Gasteiger partial charge < -0.3 is 5.11 Å². The molecule has 1 heteroatoms. The SMILES string of the molecule is C=C(C)CCCC(C)(C)[C@H]1CC[C@H]2C3C[C@H](O)[C@H]4CCCC[C@]4(C)[C@H]3CC[C@]12C. The molecule has 1 nitrogen and oxygen atoms in total. The predicted molar refractivity (Wildman–Crippen MR) is 124 cm³/mol. The van der Waals surface area contributed by atoms with E-state index in [1.54, 1.807) is 0 Å². The maximum Gasteiger partial charge on any atom is 0.0576 e. The maximum atomic E-state index is 11.2. The van der Waals surface area contributed by atoms with Crippen LogP contribution in [0.3, 0.4) is 0 Å². The summed E-state index contributed by atoms with van der Waals surface area (Å²) in [6.07, 6.45) is 16.0. The summed E-state index contributed by atoms with van der Waals surface area (Å²) in [6.45, 7) is 16.7. The van der Waals surface area contributed by atoms with Gasteiger partial charge in [-0.15, -0.1) is 6.58 Å². The van der Waals surface area contributed by atoms with E-state index < -0.39 is 0 Å². The second kappa shape index (κ2) is 7.68. The molecule has 4 fully saturated rings. The summed E-state index contributed by atoms with van der Waals surface area (Å²) in [6, 6.07) is 0. The lowest BCUT2D eigenvalue weighted by molar-refractivity contribution is -0.162. The number of aliphatic hydroxyl groups excluding tert-OH is 1. The quantitative estimate of drug-likeness (QED) is 0.467. The van der Waals surface area contributed by atoms with Crippen molar-refractivity contribution in [3.63, 3.8) is 0 Å². The van der Waals surface area contributed by atoms with E-state index in [2.05, 4.69) is 41.2 Å². The van der Waals surface area contributed by atoms with Crippen LogP contribution in [-0.2, 0) is 0 Å². The van der Waals surface area contributed by atoms with Crippen molar-refractivity contribution in [1.82, 2.24) is 0 Å². The largest absolute Gasteiger partial charge is 0.393 e. The highest BCUT2D eigenvalue weighted by Crippen LogP contribution is 2.69. The highest BCUT2D eigenvalue weighted by Gasteiger charge is 2.62. The summed E-state index contributed by atoms with van der Waals surface area (Å²) in [5, 5.41) is 11.2. The molecule has 0 spiro atoms. The van der Waals surface area contributed by atoms with Crippen LogP contribution in [0.25, 0.3) is 0 Å². The van der Waals surface area contributed by atoms with Crippen LogP contribution in [0.2, 0.25) is 0 Å². The summed E-state index contributed by atoms with van der Waals surface area (Å²) in [5.74, 6) is 3.93. The van der Waals surface area contributed by atoms with Gasteiger partial charge in [-0.25, -0.2) is 0 Å². The third-order valence-electron chi connectivity index (χ3n) is 11.0. The normalized spacial score (nSPS) is 47.2. The molecule has 1 N–H and O–H groups in total. The zero-order chi connectivity index (χ0) is 21.0. The lowest BCUT2D eigenvalue weighted by Gasteiger charge is -2.62. The zero-order valence-electron chi connectivity index (χ0n) is 20.1. The number of aliphatic hydroxyl groups is 1. The first-order valence-corrected chi connectivity index (χ1v) is 12.9. The van der Waals surface area contributed by atoms with Crippen molar-refractivity contribution in [2.75, 3.05) is 0 Å². The Labute approximate surface area is 181 Å². The van der Waals surface area contributed by atoms with Crippen molar-refractivity contribution in [3.05, 3.63) is 12.2 Å². The van der Waals surface area contributed by atoms with Crippen LogP contribution in [0.4, 0.5) is 0 Å². The fourth-order valence-corrected chi connectivity index (χ4v) is 9.66. The minimum Gasteiger partial charge on any atom is -0.393 e. The number of fused-ring (bicyclic) bond motifs is 5. The molecule has 0 aromatic carbocycles. The van der Waals surface area contributed by atoms with Gasteiger partial charge in [0.25, 0.3) is 0 Å². The fraction of sp³-hybridized carbons (Fsp3) is 0.929. The third-order valence-corrected chi connectivity index (χ3v) is 11.0. The summed E-state index contributed by atoms with van der Waals surface area (Å²) < 4.78 is 0. The monoisotopic (exact) mass is 400 g/mol. The molecule has 0 amide bonds. The summed E-state index contributed by atoms with van der Waals surface area (Å²) in [5.41, 5.74) is 2.67. The Morgan fingerprint density at radius 3 is 2.41 bits per heavy atom. The predicted octanol–water partition coefficient (Wildman–Crippen LogP) is 7.78. The molecule has 0 radical (unpaired) electrons. The Morgan fingerprint density at radius 1 is 0.966 bits per heavy atom. The van der Waals surface area contributed by atoms with Gasteiger partial charge in [0.05, 0.1) is 6.10 Å². The lowest BCUT2D eigenvalue weighted by Crippen LogP contribution is -2.57. The molecule has 4 aliphatic carbocycles. The Bertz CT molecular complexity index is 620. The molecule has 4 saturated carbocycles. The molecule has 8 atom stereocenters. The molecule has 0 heterocycles. The van der Waals surface area contributed by atoms with Crippen LogP contribution in [0.15, 0.2) is 12.2 Å². The van der Waals surface area contributed by atoms with Crippen LogP contribution in [0, 0.1) is 45.8 Å². The molecule has 1 unspecified atom stereocenters. The lowest BCUT2D eigenvalue weighted by atomic mass is 9.43. The third kappa shape index (κ3) is 3.56. The van der Waals surface area contributed by atoms with Crippen LogP contribution < -0.4 is 0 Å². The van der Waals surface area contributed by atoms with E-state index in [4.69, 9.17) is 0 Å². The van der Waals surface area contributed by atoms with E-state index >= 15 is 0 Å². The topological polar surface area (TPSA) is 20.2 Å². The van der Waals surface area contributed by atoms with E-state index in [0.717, 1.165) is 30.1 Å². The first-order valence-electron chi connectivity index (χ1n) is 12.9. The Balaban J connectivity index is 1.54. The summed E-state index contributed by atoms with van der Waals surface area (Å²) in [4.78, 5) is 0. The van der Waals surface area contributed by atoms with Crippen LogP contribution >= 0.6 is 0 Å². The van der Waals surface area contributed by atoms with Crippen LogP contribution in [-0.4, -0.2) is 11.2 Å². The van der Waals surface area contributed by atoms with Crippen molar-refractivity contribution >= 4 is 0 Å². The smallest absolute Gasteiger partial charge is 0.0576 e. The maximum absolute atomic E-state index is 11.2.